The first-order valence-electron chi connectivity index (χ1n) is 11.9. The zero-order chi connectivity index (χ0) is 25.9. The van der Waals surface area contributed by atoms with E-state index in [2.05, 4.69) is 4.90 Å². The molecule has 2 atom stereocenters. The highest BCUT2D eigenvalue weighted by Crippen LogP contribution is 2.55. The number of alkyl halides is 6. The fraction of sp³-hybridized carbons (Fsp3) is 0.519. The zero-order valence-corrected chi connectivity index (χ0v) is 19.9. The Morgan fingerprint density at radius 3 is 1.97 bits per heavy atom. The van der Waals surface area contributed by atoms with Crippen LogP contribution >= 0.6 is 0 Å². The van der Waals surface area contributed by atoms with E-state index in [9.17, 15) is 31.6 Å². The van der Waals surface area contributed by atoms with Crippen LogP contribution in [0.3, 0.4) is 0 Å². The van der Waals surface area contributed by atoms with Gasteiger partial charge in [-0.15, -0.1) is 0 Å². The number of hydrogen-bond donors (Lipinski definition) is 0. The summed E-state index contributed by atoms with van der Waals surface area (Å²) in [7, 11) is 0. The summed E-state index contributed by atoms with van der Waals surface area (Å²) in [5.74, 6) is -0.524. The number of hydrogen-bond acceptors (Lipinski definition) is 2. The van der Waals surface area contributed by atoms with Gasteiger partial charge in [0, 0.05) is 12.6 Å². The summed E-state index contributed by atoms with van der Waals surface area (Å²) in [6.07, 6.45) is -8.08. The molecule has 0 N–H and O–H groups in total. The molecule has 190 valence electrons. The second-order valence-electron chi connectivity index (χ2n) is 9.33. The molecule has 2 aromatic rings. The van der Waals surface area contributed by atoms with Gasteiger partial charge in [-0.25, -0.2) is 0 Å². The maximum absolute atomic E-state index is 13.9. The average Bonchev–Trinajstić information content (AvgIpc) is 3.65. The molecule has 0 amide bonds. The molecule has 0 radical (unpaired) electrons. The molecule has 2 nitrogen and oxygen atoms in total. The number of halogens is 6. The first kappa shape index (κ1) is 27.1. The van der Waals surface area contributed by atoms with Gasteiger partial charge < -0.3 is 4.90 Å². The van der Waals surface area contributed by atoms with Crippen LogP contribution in [0.15, 0.2) is 48.5 Å². The molecular weight excluding hydrogens is 466 g/mol. The van der Waals surface area contributed by atoms with Crippen LogP contribution in [-0.2, 0) is 24.2 Å². The Labute approximate surface area is 202 Å². The highest BCUT2D eigenvalue weighted by Gasteiger charge is 2.54. The smallest absolute Gasteiger partial charge is 0.301 e. The van der Waals surface area contributed by atoms with Crippen LogP contribution < -0.4 is 0 Å². The van der Waals surface area contributed by atoms with Gasteiger partial charge in [-0.05, 0) is 74.8 Å². The van der Waals surface area contributed by atoms with Crippen LogP contribution in [0.5, 0.6) is 0 Å². The van der Waals surface area contributed by atoms with Gasteiger partial charge in [0.15, 0.2) is 0 Å². The number of rotatable bonds is 10. The Kier molecular flexibility index (Phi) is 8.21. The summed E-state index contributed by atoms with van der Waals surface area (Å²) in [4.78, 5) is 2.16. The highest BCUT2D eigenvalue weighted by atomic mass is 19.4. The van der Waals surface area contributed by atoms with Gasteiger partial charge in [-0.1, -0.05) is 43.3 Å². The van der Waals surface area contributed by atoms with E-state index < -0.39 is 40.4 Å². The summed E-state index contributed by atoms with van der Waals surface area (Å²) >= 11 is 0. The first-order chi connectivity index (χ1) is 16.4. The van der Waals surface area contributed by atoms with Crippen molar-refractivity contribution in [3.8, 4) is 6.07 Å². The van der Waals surface area contributed by atoms with Crippen LogP contribution in [0, 0.1) is 17.2 Å². The van der Waals surface area contributed by atoms with Crippen molar-refractivity contribution in [3.05, 3.63) is 70.8 Å². The second-order valence-corrected chi connectivity index (χ2v) is 9.33. The fourth-order valence-corrected chi connectivity index (χ4v) is 5.04. The predicted octanol–water partition coefficient (Wildman–Crippen LogP) is 7.63. The molecule has 0 spiro atoms. The van der Waals surface area contributed by atoms with E-state index in [1.165, 1.54) is 0 Å². The van der Waals surface area contributed by atoms with Crippen LogP contribution in [0.25, 0.3) is 0 Å². The molecule has 1 saturated carbocycles. The highest BCUT2D eigenvalue weighted by molar-refractivity contribution is 5.49. The third-order valence-corrected chi connectivity index (χ3v) is 7.11. The van der Waals surface area contributed by atoms with Crippen molar-refractivity contribution in [1.82, 2.24) is 4.90 Å². The largest absolute Gasteiger partial charge is 0.416 e. The quantitative estimate of drug-likeness (QED) is 0.316. The molecule has 3 rings (SSSR count). The van der Waals surface area contributed by atoms with Crippen molar-refractivity contribution >= 4 is 0 Å². The molecule has 0 saturated heterocycles. The second kappa shape index (κ2) is 10.6. The lowest BCUT2D eigenvalue weighted by molar-refractivity contribution is -0.145. The van der Waals surface area contributed by atoms with E-state index in [-0.39, 0.29) is 12.5 Å². The molecule has 1 fully saturated rings. The van der Waals surface area contributed by atoms with Crippen LogP contribution in [0.1, 0.15) is 61.8 Å². The molecule has 35 heavy (non-hydrogen) atoms. The summed E-state index contributed by atoms with van der Waals surface area (Å²) in [6.45, 7) is 5.28. The number of nitriles is 1. The van der Waals surface area contributed by atoms with Gasteiger partial charge in [0.2, 0.25) is 0 Å². The molecule has 0 heterocycles. The minimum Gasteiger partial charge on any atom is -0.301 e. The third-order valence-electron chi connectivity index (χ3n) is 7.11. The Morgan fingerprint density at radius 1 is 0.943 bits per heavy atom. The van der Waals surface area contributed by atoms with Crippen molar-refractivity contribution in [3.63, 3.8) is 0 Å². The number of nitrogens with zero attached hydrogens (tertiary/aromatic N) is 2. The Hall–Kier alpha value is -2.53. The van der Waals surface area contributed by atoms with Gasteiger partial charge in [-0.3, -0.25) is 0 Å². The van der Waals surface area contributed by atoms with Crippen LogP contribution in [-0.4, -0.2) is 24.0 Å². The summed E-state index contributed by atoms with van der Waals surface area (Å²) in [6, 6.07) is 13.8. The molecule has 0 bridgehead atoms. The molecule has 0 aromatic heterocycles. The van der Waals surface area contributed by atoms with E-state index in [1.54, 1.807) is 0 Å². The van der Waals surface area contributed by atoms with Crippen molar-refractivity contribution in [2.45, 2.75) is 69.8 Å². The Bertz CT molecular complexity index is 988. The maximum atomic E-state index is 13.9. The monoisotopic (exact) mass is 496 g/mol. The van der Waals surface area contributed by atoms with Gasteiger partial charge in [-0.2, -0.15) is 31.6 Å². The van der Waals surface area contributed by atoms with E-state index >= 15 is 0 Å². The van der Waals surface area contributed by atoms with Crippen molar-refractivity contribution in [1.29, 1.82) is 5.26 Å². The summed E-state index contributed by atoms with van der Waals surface area (Å²) < 4.78 is 83.6. The fourth-order valence-electron chi connectivity index (χ4n) is 5.04. The van der Waals surface area contributed by atoms with Crippen molar-refractivity contribution in [2.75, 3.05) is 13.1 Å². The molecule has 8 heteroatoms. The van der Waals surface area contributed by atoms with Gasteiger partial charge in [0.05, 0.1) is 22.6 Å². The standard InChI is InChI=1S/C27H30F6N2/c1-3-35(17-15-20-8-5-4-6-9-20)19(2)14-16-25(18-34,21-12-13-21)24-22(26(28,29)30)10-7-11-23(24)27(31,32)33/h4-11,19,21H,3,12-17H2,1-2H3. The molecule has 2 aromatic carbocycles. The van der Waals surface area contributed by atoms with Gasteiger partial charge in [0.25, 0.3) is 0 Å². The van der Waals surface area contributed by atoms with Gasteiger partial charge in [0.1, 0.15) is 0 Å². The number of likely N-dealkylation sites (N-methyl/N-ethyl adjacent to an activating group) is 1. The number of benzene rings is 2. The minimum atomic E-state index is -5.00. The van der Waals surface area contributed by atoms with Crippen LogP contribution in [0.2, 0.25) is 0 Å². The van der Waals surface area contributed by atoms with E-state index in [1.807, 2.05) is 50.2 Å². The Balaban J connectivity index is 1.92. The Morgan fingerprint density at radius 2 is 1.51 bits per heavy atom. The molecular formula is C27H30F6N2. The van der Waals surface area contributed by atoms with Crippen LogP contribution in [0.4, 0.5) is 26.3 Å². The predicted molar refractivity (Wildman–Crippen MR) is 123 cm³/mol. The molecule has 1 aliphatic rings. The van der Waals surface area contributed by atoms with Gasteiger partial charge >= 0.3 is 12.4 Å². The average molecular weight is 497 g/mol. The third kappa shape index (κ3) is 6.19. The summed E-state index contributed by atoms with van der Waals surface area (Å²) in [5.41, 5.74) is -4.31. The first-order valence-corrected chi connectivity index (χ1v) is 11.9. The normalized spacial score (nSPS) is 17.1. The lowest BCUT2D eigenvalue weighted by Gasteiger charge is -2.35. The lowest BCUT2D eigenvalue weighted by Crippen LogP contribution is -2.38. The van der Waals surface area contributed by atoms with Crippen molar-refractivity contribution < 1.29 is 26.3 Å². The molecule has 2 unspecified atom stereocenters. The van der Waals surface area contributed by atoms with E-state index in [4.69, 9.17) is 0 Å². The topological polar surface area (TPSA) is 27.0 Å². The molecule has 0 aliphatic heterocycles. The lowest BCUT2D eigenvalue weighted by atomic mass is 9.69. The molecule has 1 aliphatic carbocycles. The van der Waals surface area contributed by atoms with E-state index in [0.29, 0.717) is 44.5 Å². The minimum absolute atomic E-state index is 0.0622. The van der Waals surface area contributed by atoms with E-state index in [0.717, 1.165) is 18.1 Å². The summed E-state index contributed by atoms with van der Waals surface area (Å²) in [5, 5.41) is 10.2. The zero-order valence-electron chi connectivity index (χ0n) is 19.9. The van der Waals surface area contributed by atoms with Crippen molar-refractivity contribution in [2.24, 2.45) is 5.92 Å². The SMILES string of the molecule is CCN(CCc1ccccc1)C(C)CCC(C#N)(c1c(C(F)(F)F)cccc1C(F)(F)F)C1CC1. The maximum Gasteiger partial charge on any atom is 0.416 e.